The molecular formula is C41H71NO6. The van der Waals surface area contributed by atoms with Crippen LogP contribution in [-0.4, -0.2) is 52.2 Å². The van der Waals surface area contributed by atoms with Crippen molar-refractivity contribution in [1.29, 1.82) is 0 Å². The number of rotatable bonds is 6. The molecule has 0 unspecified atom stereocenters. The molecule has 4 saturated carbocycles. The molecule has 276 valence electrons. The van der Waals surface area contributed by atoms with Crippen LogP contribution in [0.1, 0.15) is 161 Å². The number of hydrogen-bond donors (Lipinski definition) is 2. The van der Waals surface area contributed by atoms with Crippen molar-refractivity contribution >= 4 is 12.1 Å². The van der Waals surface area contributed by atoms with Gasteiger partial charge in [-0.1, -0.05) is 48.5 Å². The quantitative estimate of drug-likeness (QED) is 0.273. The molecule has 1 heterocycles. The summed E-state index contributed by atoms with van der Waals surface area (Å²) in [5.41, 5.74) is -0.990. The van der Waals surface area contributed by atoms with E-state index in [1.807, 2.05) is 34.6 Å². The number of hydrogen-bond acceptors (Lipinski definition) is 6. The van der Waals surface area contributed by atoms with Crippen LogP contribution < -0.4 is 5.32 Å². The van der Waals surface area contributed by atoms with Gasteiger partial charge in [-0.2, -0.15) is 0 Å². The SMILES string of the molecule is CC(C)C[C@H](NC(=O)OC(C)(C)C)C(=O)O[C@H]1CC[C@]2(C)[C@H]3C[C@@H](O)[C@@H]4[C@@H]([C@@]5(C)CCCC(C)(C)O5)CC[C@@]4(C)[C@]3(C)CC[C@H]2C1(C)C. The van der Waals surface area contributed by atoms with E-state index in [0.29, 0.717) is 24.2 Å². The lowest BCUT2D eigenvalue weighted by Gasteiger charge is -2.70. The summed E-state index contributed by atoms with van der Waals surface area (Å²) < 4.78 is 18.8. The van der Waals surface area contributed by atoms with Gasteiger partial charge in [0.1, 0.15) is 17.7 Å². The Balaban J connectivity index is 1.36. The lowest BCUT2D eigenvalue weighted by atomic mass is 9.35. The molecular weight excluding hydrogens is 602 g/mol. The van der Waals surface area contributed by atoms with Crippen molar-refractivity contribution in [3.8, 4) is 0 Å². The summed E-state index contributed by atoms with van der Waals surface area (Å²) >= 11 is 0. The van der Waals surface area contributed by atoms with Crippen molar-refractivity contribution < 1.29 is 28.9 Å². The Morgan fingerprint density at radius 3 is 2.12 bits per heavy atom. The van der Waals surface area contributed by atoms with Crippen LogP contribution >= 0.6 is 0 Å². The van der Waals surface area contributed by atoms with Crippen molar-refractivity contribution in [2.45, 2.75) is 196 Å². The van der Waals surface area contributed by atoms with Crippen LogP contribution in [-0.2, 0) is 19.0 Å². The fraction of sp³-hybridized carbons (Fsp3) is 0.951. The van der Waals surface area contributed by atoms with Gasteiger partial charge in [0.2, 0.25) is 0 Å². The summed E-state index contributed by atoms with van der Waals surface area (Å²) in [5, 5.41) is 15.1. The zero-order valence-corrected chi connectivity index (χ0v) is 32.9. The molecule has 7 nitrogen and oxygen atoms in total. The van der Waals surface area contributed by atoms with E-state index in [1.54, 1.807) is 0 Å². The minimum absolute atomic E-state index is 0.0335. The molecule has 1 amide bonds. The minimum atomic E-state index is -0.750. The van der Waals surface area contributed by atoms with Gasteiger partial charge in [-0.15, -0.1) is 0 Å². The average Bonchev–Trinajstić information content (AvgIpc) is 3.30. The van der Waals surface area contributed by atoms with Gasteiger partial charge in [-0.05, 0) is 158 Å². The average molecular weight is 674 g/mol. The molecule has 7 heteroatoms. The minimum Gasteiger partial charge on any atom is -0.460 e. The van der Waals surface area contributed by atoms with Crippen LogP contribution in [0.2, 0.25) is 0 Å². The van der Waals surface area contributed by atoms with Gasteiger partial charge in [0.15, 0.2) is 0 Å². The number of aliphatic hydroxyl groups excluding tert-OH is 1. The number of nitrogens with one attached hydrogen (secondary N) is 1. The number of carbonyl (C=O) groups excluding carboxylic acids is 2. The summed E-state index contributed by atoms with van der Waals surface area (Å²) in [5.74, 6) is 1.22. The predicted molar refractivity (Wildman–Crippen MR) is 190 cm³/mol. The molecule has 0 radical (unpaired) electrons. The fourth-order valence-corrected chi connectivity index (χ4v) is 12.8. The van der Waals surface area contributed by atoms with Crippen LogP contribution in [0.5, 0.6) is 0 Å². The fourth-order valence-electron chi connectivity index (χ4n) is 12.8. The Hall–Kier alpha value is -1.34. The van der Waals surface area contributed by atoms with Crippen LogP contribution in [0.25, 0.3) is 0 Å². The molecule has 0 bridgehead atoms. The molecule has 48 heavy (non-hydrogen) atoms. The lowest BCUT2D eigenvalue weighted by molar-refractivity contribution is -0.259. The van der Waals surface area contributed by atoms with E-state index >= 15 is 0 Å². The highest BCUT2D eigenvalue weighted by molar-refractivity contribution is 5.81. The number of fused-ring (bicyclic) bond motifs is 5. The van der Waals surface area contributed by atoms with Crippen LogP contribution in [0.15, 0.2) is 0 Å². The van der Waals surface area contributed by atoms with E-state index in [0.717, 1.165) is 57.8 Å². The van der Waals surface area contributed by atoms with Crippen molar-refractivity contribution in [3.63, 3.8) is 0 Å². The van der Waals surface area contributed by atoms with Gasteiger partial charge in [0.05, 0.1) is 17.3 Å². The van der Waals surface area contributed by atoms with Gasteiger partial charge in [-0.25, -0.2) is 9.59 Å². The second-order valence-corrected chi connectivity index (χ2v) is 20.6. The Labute approximate surface area is 292 Å². The summed E-state index contributed by atoms with van der Waals surface area (Å²) in [7, 11) is 0. The Kier molecular flexibility index (Phi) is 9.80. The van der Waals surface area contributed by atoms with Crippen LogP contribution in [0.3, 0.4) is 0 Å². The third kappa shape index (κ3) is 6.48. The molecule has 11 atom stereocenters. The summed E-state index contributed by atoms with van der Waals surface area (Å²) in [4.78, 5) is 26.4. The molecule has 4 aliphatic carbocycles. The Bertz CT molecular complexity index is 1220. The number of carbonyl (C=O) groups is 2. The third-order valence-corrected chi connectivity index (χ3v) is 15.0. The normalized spacial score (nSPS) is 44.1. The van der Waals surface area contributed by atoms with Crippen molar-refractivity contribution in [1.82, 2.24) is 5.32 Å². The molecule has 5 rings (SSSR count). The first-order chi connectivity index (χ1) is 21.9. The van der Waals surface area contributed by atoms with Crippen LogP contribution in [0.4, 0.5) is 4.79 Å². The van der Waals surface area contributed by atoms with Gasteiger partial charge < -0.3 is 24.6 Å². The number of esters is 1. The first kappa shape index (κ1) is 37.9. The largest absolute Gasteiger partial charge is 0.460 e. The highest BCUT2D eigenvalue weighted by Crippen LogP contribution is 2.76. The number of ether oxygens (including phenoxy) is 3. The molecule has 0 aromatic rings. The molecule has 1 saturated heterocycles. The van der Waals surface area contributed by atoms with E-state index in [1.165, 1.54) is 6.42 Å². The predicted octanol–water partition coefficient (Wildman–Crippen LogP) is 9.23. The molecule has 5 fully saturated rings. The maximum absolute atomic E-state index is 13.8. The number of amides is 1. The third-order valence-electron chi connectivity index (χ3n) is 15.0. The standard InChI is InChI=1S/C41H71NO6/c1-25(2)23-27(42-34(45)47-35(3,4)5)33(44)46-31-17-20-38(10)29(37(31,8)9)16-22-39(11)30(38)24-28(43)32-26(15-21-40(32,39)12)41(13)19-14-18-36(6,7)48-41/h25-32,43H,14-24H2,1-13H3,(H,42,45)/t26-,27-,28+,29-,30+,31-,32-,38-,39+,40+,41+/m0/s1. The summed E-state index contributed by atoms with van der Waals surface area (Å²) in [6, 6.07) is -0.750. The number of alkyl carbamates (subject to hydrolysis) is 1. The van der Waals surface area contributed by atoms with Gasteiger partial charge >= 0.3 is 12.1 Å². The van der Waals surface area contributed by atoms with E-state index < -0.39 is 17.7 Å². The first-order valence-corrected chi connectivity index (χ1v) is 19.5. The molecule has 5 aliphatic rings. The molecule has 1 aliphatic heterocycles. The monoisotopic (exact) mass is 674 g/mol. The zero-order valence-electron chi connectivity index (χ0n) is 32.9. The topological polar surface area (TPSA) is 94.1 Å². The number of aliphatic hydroxyl groups is 1. The Morgan fingerprint density at radius 1 is 0.875 bits per heavy atom. The smallest absolute Gasteiger partial charge is 0.408 e. The van der Waals surface area contributed by atoms with E-state index in [2.05, 4.69) is 60.7 Å². The lowest BCUT2D eigenvalue weighted by Crippen LogP contribution is -2.67. The molecule has 0 aromatic carbocycles. The second kappa shape index (κ2) is 12.4. The highest BCUT2D eigenvalue weighted by atomic mass is 16.6. The van der Waals surface area contributed by atoms with Crippen LogP contribution in [0, 0.1) is 51.2 Å². The maximum atomic E-state index is 13.8. The van der Waals surface area contributed by atoms with Gasteiger partial charge in [0.25, 0.3) is 0 Å². The molecule has 2 N–H and O–H groups in total. The van der Waals surface area contributed by atoms with E-state index in [-0.39, 0.29) is 62.9 Å². The van der Waals surface area contributed by atoms with Gasteiger partial charge in [-0.3, -0.25) is 0 Å². The molecule has 0 spiro atoms. The zero-order chi connectivity index (χ0) is 35.9. The van der Waals surface area contributed by atoms with E-state index in [9.17, 15) is 14.7 Å². The van der Waals surface area contributed by atoms with E-state index in [4.69, 9.17) is 14.2 Å². The first-order valence-electron chi connectivity index (χ1n) is 19.5. The van der Waals surface area contributed by atoms with Crippen molar-refractivity contribution in [3.05, 3.63) is 0 Å². The molecule has 0 aromatic heterocycles. The summed E-state index contributed by atoms with van der Waals surface area (Å²) in [6.45, 7) is 28.6. The second-order valence-electron chi connectivity index (χ2n) is 20.6. The van der Waals surface area contributed by atoms with Crippen molar-refractivity contribution in [2.75, 3.05) is 0 Å². The van der Waals surface area contributed by atoms with Crippen molar-refractivity contribution in [2.24, 2.45) is 51.2 Å². The highest BCUT2D eigenvalue weighted by Gasteiger charge is 2.72. The Morgan fingerprint density at radius 2 is 1.52 bits per heavy atom. The maximum Gasteiger partial charge on any atom is 0.408 e. The summed E-state index contributed by atoms with van der Waals surface area (Å²) in [6.07, 6.45) is 9.83. The van der Waals surface area contributed by atoms with Gasteiger partial charge in [0, 0.05) is 5.41 Å².